The second kappa shape index (κ2) is 10.8. The van der Waals surface area contributed by atoms with Crippen LogP contribution in [0.3, 0.4) is 0 Å². The van der Waals surface area contributed by atoms with E-state index >= 15 is 0 Å². The summed E-state index contributed by atoms with van der Waals surface area (Å²) in [6.07, 6.45) is 3.86. The topological polar surface area (TPSA) is 122 Å². The first-order valence-corrected chi connectivity index (χ1v) is 10.8. The van der Waals surface area contributed by atoms with E-state index in [1.807, 2.05) is 13.8 Å². The van der Waals surface area contributed by atoms with E-state index in [4.69, 9.17) is 27.9 Å². The van der Waals surface area contributed by atoms with Gasteiger partial charge in [0.2, 0.25) is 11.9 Å². The number of aryl methyl sites for hydroxylation is 2. The predicted octanol–water partition coefficient (Wildman–Crippen LogP) is 4.29. The molecule has 0 saturated carbocycles. The number of ether oxygens (including phenoxy) is 1. The van der Waals surface area contributed by atoms with Crippen LogP contribution in [-0.2, 0) is 9.53 Å². The van der Waals surface area contributed by atoms with Gasteiger partial charge in [0.15, 0.2) is 0 Å². The summed E-state index contributed by atoms with van der Waals surface area (Å²) in [4.78, 5) is 32.8. The molecular formula is C20H28Cl2N6O3. The largest absolute Gasteiger partial charge is 0.444 e. The van der Waals surface area contributed by atoms with Gasteiger partial charge >= 0.3 is 6.09 Å². The van der Waals surface area contributed by atoms with Crippen molar-refractivity contribution in [3.05, 3.63) is 23.8 Å². The Hall–Kier alpha value is -2.39. The van der Waals surface area contributed by atoms with Gasteiger partial charge in [-0.25, -0.2) is 14.8 Å². The van der Waals surface area contributed by atoms with Crippen molar-refractivity contribution in [3.8, 4) is 11.1 Å². The first kappa shape index (κ1) is 24.9. The van der Waals surface area contributed by atoms with Gasteiger partial charge in [0.25, 0.3) is 0 Å². The molecule has 0 unspecified atom stereocenters. The van der Waals surface area contributed by atoms with Crippen molar-refractivity contribution < 1.29 is 14.3 Å². The van der Waals surface area contributed by atoms with Crippen molar-refractivity contribution in [2.24, 2.45) is 0 Å². The SMILES string of the molecule is Cc1n[nH]c(C)c1-c1cnc(NC(=O)[C@H](CCCC(Cl)Cl)NC(=O)OC(C)(C)C)nc1. The van der Waals surface area contributed by atoms with Crippen LogP contribution >= 0.6 is 23.2 Å². The number of aromatic nitrogens is 4. The number of alkyl carbamates (subject to hydrolysis) is 1. The first-order valence-electron chi connectivity index (χ1n) is 9.88. The molecule has 2 heterocycles. The van der Waals surface area contributed by atoms with Crippen LogP contribution in [0.1, 0.15) is 51.4 Å². The van der Waals surface area contributed by atoms with E-state index in [0.717, 1.165) is 22.5 Å². The molecule has 0 spiro atoms. The highest BCUT2D eigenvalue weighted by Crippen LogP contribution is 2.24. The summed E-state index contributed by atoms with van der Waals surface area (Å²) in [5.74, 6) is -0.342. The number of amides is 2. The number of aromatic amines is 1. The van der Waals surface area contributed by atoms with Crippen LogP contribution < -0.4 is 10.6 Å². The second-order valence-electron chi connectivity index (χ2n) is 8.11. The Balaban J connectivity index is 2.07. The van der Waals surface area contributed by atoms with Gasteiger partial charge in [-0.3, -0.25) is 15.2 Å². The highest BCUT2D eigenvalue weighted by molar-refractivity contribution is 6.44. The standard InChI is InChI=1S/C20H28Cl2N6O3/c1-11-16(12(2)28-27-11)13-9-23-18(24-10-13)26-17(29)14(7-6-8-15(21)22)25-19(30)31-20(3,4)5/h9-10,14-15H,6-8H2,1-5H3,(H,25,30)(H,27,28)(H,23,24,26,29)/t14-/m0/s1. The number of hydrogen-bond acceptors (Lipinski definition) is 6. The highest BCUT2D eigenvalue weighted by atomic mass is 35.5. The minimum atomic E-state index is -0.858. The fourth-order valence-corrected chi connectivity index (χ4v) is 3.20. The van der Waals surface area contributed by atoms with Gasteiger partial charge in [-0.05, 0) is 53.9 Å². The Morgan fingerprint density at radius 2 is 1.81 bits per heavy atom. The fourth-order valence-electron chi connectivity index (χ4n) is 2.89. The molecule has 0 bridgehead atoms. The van der Waals surface area contributed by atoms with Crippen LogP contribution in [0.5, 0.6) is 0 Å². The van der Waals surface area contributed by atoms with Crippen molar-refractivity contribution in [3.63, 3.8) is 0 Å². The van der Waals surface area contributed by atoms with E-state index in [1.165, 1.54) is 0 Å². The van der Waals surface area contributed by atoms with Crippen LogP contribution in [0.15, 0.2) is 12.4 Å². The molecule has 170 valence electrons. The monoisotopic (exact) mass is 470 g/mol. The first-order chi connectivity index (χ1) is 14.5. The molecule has 0 aliphatic rings. The lowest BCUT2D eigenvalue weighted by Crippen LogP contribution is -2.46. The van der Waals surface area contributed by atoms with Crippen LogP contribution in [0.2, 0.25) is 0 Å². The van der Waals surface area contributed by atoms with Crippen LogP contribution in [0.4, 0.5) is 10.7 Å². The van der Waals surface area contributed by atoms with Gasteiger partial charge in [-0.2, -0.15) is 5.10 Å². The molecule has 2 aromatic rings. The summed E-state index contributed by atoms with van der Waals surface area (Å²) in [5.41, 5.74) is 2.73. The average molecular weight is 471 g/mol. The molecule has 31 heavy (non-hydrogen) atoms. The molecular weight excluding hydrogens is 443 g/mol. The summed E-state index contributed by atoms with van der Waals surface area (Å²) < 4.78 is 5.25. The lowest BCUT2D eigenvalue weighted by atomic mass is 10.1. The molecule has 11 heteroatoms. The minimum Gasteiger partial charge on any atom is -0.444 e. The normalized spacial score (nSPS) is 12.5. The number of nitrogens with one attached hydrogen (secondary N) is 3. The zero-order valence-electron chi connectivity index (χ0n) is 18.3. The van der Waals surface area contributed by atoms with Gasteiger partial charge in [-0.15, -0.1) is 23.2 Å². The lowest BCUT2D eigenvalue weighted by Gasteiger charge is -2.23. The number of carbonyl (C=O) groups excluding carboxylic acids is 2. The molecule has 2 rings (SSSR count). The smallest absolute Gasteiger partial charge is 0.408 e. The number of hydrogen-bond donors (Lipinski definition) is 3. The van der Waals surface area contributed by atoms with E-state index in [-0.39, 0.29) is 5.95 Å². The van der Waals surface area contributed by atoms with E-state index in [0.29, 0.717) is 19.3 Å². The molecule has 0 aromatic carbocycles. The molecule has 0 radical (unpaired) electrons. The maximum atomic E-state index is 12.8. The van der Waals surface area contributed by atoms with Crippen molar-refractivity contribution in [1.29, 1.82) is 0 Å². The summed E-state index contributed by atoms with van der Waals surface area (Å²) in [6.45, 7) is 9.02. The number of H-pyrrole nitrogens is 1. The maximum absolute atomic E-state index is 12.8. The van der Waals surface area contributed by atoms with E-state index in [2.05, 4.69) is 30.8 Å². The summed E-state index contributed by atoms with van der Waals surface area (Å²) >= 11 is 11.5. The second-order valence-corrected chi connectivity index (χ2v) is 9.39. The third-order valence-electron chi connectivity index (χ3n) is 4.23. The van der Waals surface area contributed by atoms with Crippen LogP contribution in [0.25, 0.3) is 11.1 Å². The molecule has 9 nitrogen and oxygen atoms in total. The van der Waals surface area contributed by atoms with Crippen molar-refractivity contribution in [2.75, 3.05) is 5.32 Å². The van der Waals surface area contributed by atoms with Crippen molar-refractivity contribution in [2.45, 2.75) is 70.4 Å². The van der Waals surface area contributed by atoms with Gasteiger partial charge in [0, 0.05) is 29.2 Å². The fraction of sp³-hybridized carbons (Fsp3) is 0.550. The highest BCUT2D eigenvalue weighted by Gasteiger charge is 2.25. The van der Waals surface area contributed by atoms with Crippen LogP contribution in [-0.4, -0.2) is 48.6 Å². The molecule has 0 aliphatic heterocycles. The molecule has 2 aromatic heterocycles. The molecule has 2 amide bonds. The molecule has 0 fully saturated rings. The maximum Gasteiger partial charge on any atom is 0.408 e. The summed E-state index contributed by atoms with van der Waals surface area (Å²) in [7, 11) is 0. The average Bonchev–Trinajstić information content (AvgIpc) is 2.98. The van der Waals surface area contributed by atoms with E-state index in [9.17, 15) is 9.59 Å². The van der Waals surface area contributed by atoms with E-state index in [1.54, 1.807) is 33.2 Å². The zero-order chi connectivity index (χ0) is 23.2. The van der Waals surface area contributed by atoms with Crippen molar-refractivity contribution >= 4 is 41.2 Å². The number of halogens is 2. The van der Waals surface area contributed by atoms with E-state index < -0.39 is 28.5 Å². The van der Waals surface area contributed by atoms with Gasteiger partial charge in [0.05, 0.1) is 5.69 Å². The third kappa shape index (κ3) is 7.99. The number of carbonyl (C=O) groups is 2. The number of alkyl halides is 2. The molecule has 1 atom stereocenters. The summed E-state index contributed by atoms with van der Waals surface area (Å²) in [6, 6.07) is -0.858. The Bertz CT molecular complexity index is 874. The third-order valence-corrected chi connectivity index (χ3v) is 4.66. The number of rotatable bonds is 8. The number of anilines is 1. The Morgan fingerprint density at radius 3 is 2.32 bits per heavy atom. The Morgan fingerprint density at radius 1 is 1.16 bits per heavy atom. The van der Waals surface area contributed by atoms with Gasteiger partial charge < -0.3 is 10.1 Å². The summed E-state index contributed by atoms with van der Waals surface area (Å²) in [5, 5.41) is 12.3. The number of nitrogens with zero attached hydrogens (tertiary/aromatic N) is 3. The van der Waals surface area contributed by atoms with Gasteiger partial charge in [0.1, 0.15) is 16.5 Å². The van der Waals surface area contributed by atoms with Crippen molar-refractivity contribution in [1.82, 2.24) is 25.5 Å². The van der Waals surface area contributed by atoms with Crippen LogP contribution in [0, 0.1) is 13.8 Å². The Kier molecular flexibility index (Phi) is 8.64. The molecule has 0 aliphatic carbocycles. The molecule has 3 N–H and O–H groups in total. The predicted molar refractivity (Wildman–Crippen MR) is 120 cm³/mol. The lowest BCUT2D eigenvalue weighted by molar-refractivity contribution is -0.118. The quantitative estimate of drug-likeness (QED) is 0.494. The minimum absolute atomic E-state index is 0.121. The Labute approximate surface area is 191 Å². The zero-order valence-corrected chi connectivity index (χ0v) is 19.8. The van der Waals surface area contributed by atoms with Gasteiger partial charge in [-0.1, -0.05) is 0 Å². The molecule has 0 saturated heterocycles.